The SMILES string of the molecule is CCCC1CCC(C=CC2CCC(c3cc(F)c(C(F)(F)F)c(F)c3)CC2)CC1. The van der Waals surface area contributed by atoms with Gasteiger partial charge in [0.1, 0.15) is 17.2 Å². The van der Waals surface area contributed by atoms with Gasteiger partial charge >= 0.3 is 6.18 Å². The minimum Gasteiger partial charge on any atom is -0.206 e. The number of alkyl halides is 3. The fourth-order valence-corrected chi connectivity index (χ4v) is 5.14. The highest BCUT2D eigenvalue weighted by Crippen LogP contribution is 2.40. The summed E-state index contributed by atoms with van der Waals surface area (Å²) in [5.74, 6) is -1.07. The van der Waals surface area contributed by atoms with Crippen LogP contribution in [0.2, 0.25) is 0 Å². The molecule has 1 aromatic rings. The van der Waals surface area contributed by atoms with Crippen molar-refractivity contribution in [2.75, 3.05) is 0 Å². The van der Waals surface area contributed by atoms with Crippen LogP contribution in [-0.2, 0) is 6.18 Å². The molecule has 29 heavy (non-hydrogen) atoms. The molecule has 0 nitrogen and oxygen atoms in total. The predicted octanol–water partition coefficient (Wildman–Crippen LogP) is 8.42. The minimum atomic E-state index is -5.01. The highest BCUT2D eigenvalue weighted by molar-refractivity contribution is 5.31. The van der Waals surface area contributed by atoms with E-state index in [4.69, 9.17) is 0 Å². The van der Waals surface area contributed by atoms with Gasteiger partial charge in [0.15, 0.2) is 0 Å². The van der Waals surface area contributed by atoms with Crippen molar-refractivity contribution in [1.82, 2.24) is 0 Å². The molecule has 0 saturated heterocycles. The third-order valence-corrected chi connectivity index (χ3v) is 6.83. The zero-order valence-corrected chi connectivity index (χ0v) is 17.1. The van der Waals surface area contributed by atoms with Gasteiger partial charge in [0.05, 0.1) is 0 Å². The molecule has 2 saturated carbocycles. The molecule has 0 bridgehead atoms. The lowest BCUT2D eigenvalue weighted by atomic mass is 9.76. The van der Waals surface area contributed by atoms with Gasteiger partial charge in [-0.1, -0.05) is 31.9 Å². The van der Waals surface area contributed by atoms with E-state index in [1.54, 1.807) is 0 Å². The van der Waals surface area contributed by atoms with Crippen LogP contribution < -0.4 is 0 Å². The average Bonchev–Trinajstić information content (AvgIpc) is 2.66. The summed E-state index contributed by atoms with van der Waals surface area (Å²) in [4.78, 5) is 0. The van der Waals surface area contributed by atoms with E-state index < -0.39 is 23.4 Å². The van der Waals surface area contributed by atoms with Crippen LogP contribution in [0.25, 0.3) is 0 Å². The Hall–Kier alpha value is -1.39. The van der Waals surface area contributed by atoms with Gasteiger partial charge in [0.25, 0.3) is 0 Å². The minimum absolute atomic E-state index is 0.0737. The van der Waals surface area contributed by atoms with E-state index in [-0.39, 0.29) is 5.92 Å². The Morgan fingerprint density at radius 1 is 0.828 bits per heavy atom. The molecule has 0 radical (unpaired) electrons. The summed E-state index contributed by atoms with van der Waals surface area (Å²) >= 11 is 0. The molecule has 162 valence electrons. The van der Waals surface area contributed by atoms with Crippen LogP contribution in [0, 0.1) is 29.4 Å². The van der Waals surface area contributed by atoms with E-state index in [9.17, 15) is 22.0 Å². The fourth-order valence-electron chi connectivity index (χ4n) is 5.14. The van der Waals surface area contributed by atoms with Gasteiger partial charge < -0.3 is 0 Å². The number of benzene rings is 1. The quantitative estimate of drug-likeness (QED) is 0.335. The molecule has 2 aliphatic rings. The summed E-state index contributed by atoms with van der Waals surface area (Å²) in [6.07, 6.45) is 10.8. The van der Waals surface area contributed by atoms with Gasteiger partial charge in [-0.05, 0) is 92.7 Å². The third-order valence-electron chi connectivity index (χ3n) is 6.83. The summed E-state index contributed by atoms with van der Waals surface area (Å²) in [6.45, 7) is 2.25. The Bertz CT molecular complexity index is 667. The van der Waals surface area contributed by atoms with Crippen LogP contribution in [0.15, 0.2) is 24.3 Å². The third kappa shape index (κ3) is 5.82. The molecule has 0 unspecified atom stereocenters. The lowest BCUT2D eigenvalue weighted by Crippen LogP contribution is -2.16. The van der Waals surface area contributed by atoms with Crippen LogP contribution in [0.4, 0.5) is 22.0 Å². The number of halogens is 5. The molecule has 2 fully saturated rings. The largest absolute Gasteiger partial charge is 0.422 e. The Kier molecular flexibility index (Phi) is 7.39. The lowest BCUT2D eigenvalue weighted by molar-refractivity contribution is -0.142. The zero-order valence-electron chi connectivity index (χ0n) is 17.1. The van der Waals surface area contributed by atoms with Crippen molar-refractivity contribution in [3.05, 3.63) is 47.0 Å². The Balaban J connectivity index is 1.52. The highest BCUT2D eigenvalue weighted by Gasteiger charge is 2.38. The molecule has 5 heteroatoms. The highest BCUT2D eigenvalue weighted by atomic mass is 19.4. The summed E-state index contributed by atoms with van der Waals surface area (Å²) in [5, 5.41) is 0. The molecular formula is C24H31F5. The lowest BCUT2D eigenvalue weighted by Gasteiger charge is -2.29. The van der Waals surface area contributed by atoms with Crippen molar-refractivity contribution in [2.45, 2.75) is 83.2 Å². The van der Waals surface area contributed by atoms with E-state index in [2.05, 4.69) is 19.1 Å². The van der Waals surface area contributed by atoms with Crippen molar-refractivity contribution in [3.8, 4) is 0 Å². The van der Waals surface area contributed by atoms with Crippen LogP contribution in [0.1, 0.15) is 88.2 Å². The zero-order chi connectivity index (χ0) is 21.0. The topological polar surface area (TPSA) is 0 Å². The second-order valence-corrected chi connectivity index (χ2v) is 8.92. The molecule has 3 rings (SSSR count). The van der Waals surface area contributed by atoms with Gasteiger partial charge in [0, 0.05) is 0 Å². The van der Waals surface area contributed by atoms with Crippen LogP contribution in [-0.4, -0.2) is 0 Å². The first-order valence-corrected chi connectivity index (χ1v) is 11.0. The van der Waals surface area contributed by atoms with Crippen molar-refractivity contribution in [1.29, 1.82) is 0 Å². The molecule has 0 atom stereocenters. The van der Waals surface area contributed by atoms with E-state index in [1.807, 2.05) is 0 Å². The number of allylic oxidation sites excluding steroid dienone is 2. The predicted molar refractivity (Wildman–Crippen MR) is 106 cm³/mol. The first-order chi connectivity index (χ1) is 13.8. The van der Waals surface area contributed by atoms with Crippen LogP contribution >= 0.6 is 0 Å². The molecule has 0 amide bonds. The molecule has 0 N–H and O–H groups in total. The van der Waals surface area contributed by atoms with E-state index in [1.165, 1.54) is 38.5 Å². The summed E-state index contributed by atoms with van der Waals surface area (Å²) < 4.78 is 66.0. The molecule has 0 aromatic heterocycles. The molecule has 0 aliphatic heterocycles. The van der Waals surface area contributed by atoms with Gasteiger partial charge in [-0.3, -0.25) is 0 Å². The average molecular weight is 415 g/mol. The second-order valence-electron chi connectivity index (χ2n) is 8.92. The standard InChI is InChI=1S/C24H31F5/c1-2-3-16-4-6-17(7-5-16)8-9-18-10-12-19(13-11-18)20-14-21(25)23(22(26)15-20)24(27,28)29/h8-9,14-19H,2-7,10-13H2,1H3. The molecular weight excluding hydrogens is 383 g/mol. The number of hydrogen-bond acceptors (Lipinski definition) is 0. The monoisotopic (exact) mass is 414 g/mol. The summed E-state index contributed by atoms with van der Waals surface area (Å²) in [5.41, 5.74) is -1.43. The van der Waals surface area contributed by atoms with Gasteiger partial charge in [-0.2, -0.15) is 13.2 Å². The Morgan fingerprint density at radius 2 is 1.31 bits per heavy atom. The molecule has 1 aromatic carbocycles. The smallest absolute Gasteiger partial charge is 0.206 e. The van der Waals surface area contributed by atoms with Crippen molar-refractivity contribution >= 4 is 0 Å². The van der Waals surface area contributed by atoms with E-state index in [0.717, 1.165) is 43.7 Å². The van der Waals surface area contributed by atoms with E-state index in [0.29, 0.717) is 17.4 Å². The maximum atomic E-state index is 13.9. The summed E-state index contributed by atoms with van der Waals surface area (Å²) in [7, 11) is 0. The number of rotatable bonds is 5. The summed E-state index contributed by atoms with van der Waals surface area (Å²) in [6, 6.07) is 1.75. The maximum absolute atomic E-state index is 13.9. The van der Waals surface area contributed by atoms with Gasteiger partial charge in [0.2, 0.25) is 0 Å². The Morgan fingerprint density at radius 3 is 1.76 bits per heavy atom. The second kappa shape index (κ2) is 9.61. The van der Waals surface area contributed by atoms with Crippen molar-refractivity contribution < 1.29 is 22.0 Å². The van der Waals surface area contributed by atoms with Gasteiger partial charge in [-0.15, -0.1) is 0 Å². The van der Waals surface area contributed by atoms with Crippen molar-refractivity contribution in [3.63, 3.8) is 0 Å². The van der Waals surface area contributed by atoms with Crippen LogP contribution in [0.5, 0.6) is 0 Å². The number of hydrogen-bond donors (Lipinski definition) is 0. The Labute approximate surface area is 170 Å². The first kappa shape index (κ1) is 22.3. The molecule has 2 aliphatic carbocycles. The molecule has 0 spiro atoms. The fraction of sp³-hybridized carbons (Fsp3) is 0.667. The normalized spacial score (nSPS) is 28.8. The van der Waals surface area contributed by atoms with Crippen molar-refractivity contribution in [2.24, 2.45) is 17.8 Å². The maximum Gasteiger partial charge on any atom is 0.422 e. The first-order valence-electron chi connectivity index (χ1n) is 11.0. The van der Waals surface area contributed by atoms with Crippen LogP contribution in [0.3, 0.4) is 0 Å². The van der Waals surface area contributed by atoms with Gasteiger partial charge in [-0.25, -0.2) is 8.78 Å². The molecule has 0 heterocycles. The van der Waals surface area contributed by atoms with E-state index >= 15 is 0 Å².